The molecule has 11 heteroatoms. The molecule has 0 bridgehead atoms. The van der Waals surface area contributed by atoms with Crippen molar-refractivity contribution in [3.05, 3.63) is 59.8 Å². The van der Waals surface area contributed by atoms with Crippen LogP contribution in [0, 0.1) is 5.41 Å². The van der Waals surface area contributed by atoms with Crippen molar-refractivity contribution < 1.29 is 19.0 Å². The van der Waals surface area contributed by atoms with Crippen LogP contribution in [-0.4, -0.2) is 45.4 Å². The van der Waals surface area contributed by atoms with Crippen LogP contribution in [0.25, 0.3) is 11.2 Å². The third-order valence-corrected chi connectivity index (χ3v) is 6.24. The Balaban J connectivity index is 1.48. The van der Waals surface area contributed by atoms with Gasteiger partial charge in [0.1, 0.15) is 22.6 Å². The number of aromatic amines is 1. The predicted molar refractivity (Wildman–Crippen MR) is 141 cm³/mol. The molecule has 0 aliphatic heterocycles. The molecule has 10 nitrogen and oxygen atoms in total. The van der Waals surface area contributed by atoms with Gasteiger partial charge in [-0.3, -0.25) is 10.7 Å². The quantitative estimate of drug-likeness (QED) is 0.297. The second-order valence-electron chi connectivity index (χ2n) is 9.22. The zero-order valence-electron chi connectivity index (χ0n) is 21.4. The molecule has 0 atom stereocenters. The Morgan fingerprint density at radius 1 is 1.14 bits per heavy atom. The molecule has 0 aliphatic rings. The van der Waals surface area contributed by atoms with E-state index in [0.29, 0.717) is 46.5 Å². The van der Waals surface area contributed by atoms with Crippen LogP contribution >= 0.6 is 11.8 Å². The van der Waals surface area contributed by atoms with Gasteiger partial charge in [0.2, 0.25) is 0 Å². The molecule has 0 aliphatic carbocycles. The number of fused-ring (bicyclic) bond motifs is 1. The summed E-state index contributed by atoms with van der Waals surface area (Å²) in [6.45, 7) is 6.08. The number of hydrogen-bond acceptors (Lipinski definition) is 8. The van der Waals surface area contributed by atoms with E-state index in [1.54, 1.807) is 20.5 Å². The van der Waals surface area contributed by atoms with E-state index < -0.39 is 11.7 Å². The van der Waals surface area contributed by atoms with Crippen LogP contribution in [0.4, 0.5) is 10.5 Å². The van der Waals surface area contributed by atoms with Crippen LogP contribution in [-0.2, 0) is 17.7 Å². The first-order chi connectivity index (χ1) is 17.6. The number of ether oxygens (including phenoxy) is 3. The second kappa shape index (κ2) is 11.0. The number of aryl methyl sites for hydroxylation is 2. The number of anilines is 1. The molecule has 4 aromatic rings. The van der Waals surface area contributed by atoms with Crippen molar-refractivity contribution in [2.75, 3.05) is 19.5 Å². The van der Waals surface area contributed by atoms with Crippen molar-refractivity contribution >= 4 is 34.7 Å². The van der Waals surface area contributed by atoms with Crippen molar-refractivity contribution in [3.8, 4) is 11.5 Å². The Hall–Kier alpha value is -3.99. The van der Waals surface area contributed by atoms with E-state index >= 15 is 0 Å². The summed E-state index contributed by atoms with van der Waals surface area (Å²) in [5.41, 5.74) is 2.52. The van der Waals surface area contributed by atoms with Gasteiger partial charge in [-0.2, -0.15) is 0 Å². The molecular formula is C26H30N6O4S. The standard InChI is InChI=1S/C26H30N6O4S/c1-26(2,3)36-25(33)29-17-8-6-16(7-9-17)12-13-32-15-28-22(27)21-23(32)31-24(30-21)37-20-14-18(34-4)10-11-19(20)35-5/h6-11,14-15,27H,12-13H2,1-5H3,(H,29,33)(H,30,31). The third-order valence-electron chi connectivity index (χ3n) is 5.32. The van der Waals surface area contributed by atoms with Gasteiger partial charge in [-0.25, -0.2) is 14.8 Å². The fourth-order valence-corrected chi connectivity index (χ4v) is 4.49. The molecule has 37 heavy (non-hydrogen) atoms. The number of carbonyl (C=O) groups excluding carboxylic acids is 1. The van der Waals surface area contributed by atoms with Gasteiger partial charge in [0.25, 0.3) is 0 Å². The number of imidazole rings is 1. The number of carbonyl (C=O) groups is 1. The first-order valence-corrected chi connectivity index (χ1v) is 12.5. The zero-order chi connectivity index (χ0) is 26.6. The lowest BCUT2D eigenvalue weighted by Crippen LogP contribution is -2.27. The normalized spacial score (nSPS) is 11.4. The summed E-state index contributed by atoms with van der Waals surface area (Å²) < 4.78 is 18.0. The van der Waals surface area contributed by atoms with Gasteiger partial charge < -0.3 is 23.8 Å². The largest absolute Gasteiger partial charge is 0.497 e. The van der Waals surface area contributed by atoms with E-state index in [9.17, 15) is 4.79 Å². The first-order valence-electron chi connectivity index (χ1n) is 11.6. The van der Waals surface area contributed by atoms with Crippen molar-refractivity contribution in [1.29, 1.82) is 5.41 Å². The van der Waals surface area contributed by atoms with Crippen LogP contribution < -0.4 is 20.3 Å². The van der Waals surface area contributed by atoms with Crippen LogP contribution in [0.15, 0.2) is 58.8 Å². The average Bonchev–Trinajstić information content (AvgIpc) is 3.28. The Morgan fingerprint density at radius 3 is 2.57 bits per heavy atom. The molecule has 0 radical (unpaired) electrons. The molecule has 2 aromatic carbocycles. The van der Waals surface area contributed by atoms with Crippen LogP contribution in [0.1, 0.15) is 26.3 Å². The number of aromatic nitrogens is 4. The number of hydrogen-bond donors (Lipinski definition) is 3. The highest BCUT2D eigenvalue weighted by Crippen LogP contribution is 2.36. The molecule has 0 saturated carbocycles. The lowest BCUT2D eigenvalue weighted by atomic mass is 10.1. The monoisotopic (exact) mass is 522 g/mol. The average molecular weight is 523 g/mol. The maximum absolute atomic E-state index is 12.0. The fourth-order valence-electron chi connectivity index (χ4n) is 3.57. The van der Waals surface area contributed by atoms with Crippen molar-refractivity contribution in [2.45, 2.75) is 49.4 Å². The summed E-state index contributed by atoms with van der Waals surface area (Å²) in [5.74, 6) is 1.41. The van der Waals surface area contributed by atoms with Gasteiger partial charge in [0, 0.05) is 12.2 Å². The van der Waals surface area contributed by atoms with E-state index in [1.165, 1.54) is 11.8 Å². The van der Waals surface area contributed by atoms with Gasteiger partial charge in [-0.05, 0) is 74.8 Å². The number of H-pyrrole nitrogens is 1. The Labute approximate surface area is 218 Å². The number of methoxy groups -OCH3 is 2. The second-order valence-corrected chi connectivity index (χ2v) is 10.3. The Morgan fingerprint density at radius 2 is 1.89 bits per heavy atom. The minimum Gasteiger partial charge on any atom is -0.497 e. The van der Waals surface area contributed by atoms with E-state index in [1.807, 2.05) is 67.8 Å². The smallest absolute Gasteiger partial charge is 0.412 e. The van der Waals surface area contributed by atoms with Crippen molar-refractivity contribution in [3.63, 3.8) is 0 Å². The van der Waals surface area contributed by atoms with E-state index in [-0.39, 0.29) is 5.49 Å². The van der Waals surface area contributed by atoms with E-state index in [2.05, 4.69) is 15.3 Å². The lowest BCUT2D eigenvalue weighted by Gasteiger charge is -2.19. The van der Waals surface area contributed by atoms with Gasteiger partial charge in [0.15, 0.2) is 16.3 Å². The summed E-state index contributed by atoms with van der Waals surface area (Å²) in [7, 11) is 3.23. The highest BCUT2D eigenvalue weighted by molar-refractivity contribution is 7.99. The number of benzene rings is 2. The molecular weight excluding hydrogens is 492 g/mol. The summed E-state index contributed by atoms with van der Waals surface area (Å²) in [6, 6.07) is 13.2. The molecule has 0 unspecified atom stereocenters. The molecule has 0 spiro atoms. The number of amides is 1. The molecule has 0 saturated heterocycles. The minimum absolute atomic E-state index is 0.126. The van der Waals surface area contributed by atoms with E-state index in [0.717, 1.165) is 10.5 Å². The predicted octanol–water partition coefficient (Wildman–Crippen LogP) is 5.00. The summed E-state index contributed by atoms with van der Waals surface area (Å²) >= 11 is 1.39. The number of rotatable bonds is 8. The van der Waals surface area contributed by atoms with Crippen LogP contribution in [0.2, 0.25) is 0 Å². The minimum atomic E-state index is -0.556. The SMILES string of the molecule is COc1ccc(OC)c(Sc2nc3c([nH]2)c(=N)ncn3CCc2ccc(NC(=O)OC(C)(C)C)cc2)c1. The van der Waals surface area contributed by atoms with Crippen molar-refractivity contribution in [1.82, 2.24) is 19.5 Å². The van der Waals surface area contributed by atoms with Gasteiger partial charge in [0.05, 0.1) is 25.4 Å². The zero-order valence-corrected chi connectivity index (χ0v) is 22.2. The highest BCUT2D eigenvalue weighted by atomic mass is 32.2. The van der Waals surface area contributed by atoms with Crippen LogP contribution in [0.3, 0.4) is 0 Å². The number of nitrogens with one attached hydrogen (secondary N) is 3. The van der Waals surface area contributed by atoms with Crippen LogP contribution in [0.5, 0.6) is 11.5 Å². The van der Waals surface area contributed by atoms with Gasteiger partial charge >= 0.3 is 6.09 Å². The highest BCUT2D eigenvalue weighted by Gasteiger charge is 2.16. The topological polar surface area (TPSA) is 127 Å². The summed E-state index contributed by atoms with van der Waals surface area (Å²) in [4.78, 5) is 25.0. The Kier molecular flexibility index (Phi) is 7.72. The molecule has 1 amide bonds. The fraction of sp³-hybridized carbons (Fsp3) is 0.308. The maximum atomic E-state index is 12.0. The summed E-state index contributed by atoms with van der Waals surface area (Å²) in [6.07, 6.45) is 1.85. The third kappa shape index (κ3) is 6.62. The Bertz CT molecular complexity index is 1460. The number of nitrogens with zero attached hydrogens (tertiary/aromatic N) is 3. The summed E-state index contributed by atoms with van der Waals surface area (Å²) in [5, 5.41) is 11.6. The van der Waals surface area contributed by atoms with E-state index in [4.69, 9.17) is 24.6 Å². The lowest BCUT2D eigenvalue weighted by molar-refractivity contribution is 0.0636. The molecule has 2 heterocycles. The molecule has 4 rings (SSSR count). The van der Waals surface area contributed by atoms with Gasteiger partial charge in [-0.15, -0.1) is 0 Å². The molecule has 194 valence electrons. The molecule has 0 fully saturated rings. The molecule has 3 N–H and O–H groups in total. The maximum Gasteiger partial charge on any atom is 0.412 e. The first kappa shape index (κ1) is 26.1. The van der Waals surface area contributed by atoms with Gasteiger partial charge in [-0.1, -0.05) is 12.1 Å². The van der Waals surface area contributed by atoms with Crippen molar-refractivity contribution in [2.24, 2.45) is 0 Å². The molecule has 2 aromatic heterocycles.